The fourth-order valence-corrected chi connectivity index (χ4v) is 4.31. The van der Waals surface area contributed by atoms with Crippen molar-refractivity contribution >= 4 is 45.0 Å². The molecule has 0 radical (unpaired) electrons. The quantitative estimate of drug-likeness (QED) is 0.592. The Hall–Kier alpha value is -3.66. The molecule has 166 valence electrons. The standard InChI is InChI=1S/C22H21N3O6S/c1-3-29-20(27)11-25-15-9-8-14(23-13(2)26)10-19(15)32-22(25)24-21(28)18-12-30-16-6-4-5-7-17(16)31-18/h4-10,18H,3,11-12H2,1-2H3,(H,23,26)/t18-/m0/s1. The lowest BCUT2D eigenvalue weighted by Crippen LogP contribution is -2.37. The van der Waals surface area contributed by atoms with Crippen molar-refractivity contribution in [1.82, 2.24) is 4.57 Å². The topological polar surface area (TPSA) is 108 Å². The van der Waals surface area contributed by atoms with Gasteiger partial charge in [0.05, 0.1) is 16.8 Å². The van der Waals surface area contributed by atoms with Crippen LogP contribution in [-0.4, -0.2) is 41.7 Å². The highest BCUT2D eigenvalue weighted by atomic mass is 32.1. The molecular weight excluding hydrogens is 434 g/mol. The zero-order valence-corrected chi connectivity index (χ0v) is 18.3. The molecule has 0 fully saturated rings. The minimum absolute atomic E-state index is 0.0365. The Morgan fingerprint density at radius 2 is 2.00 bits per heavy atom. The highest BCUT2D eigenvalue weighted by molar-refractivity contribution is 7.16. The number of carbonyl (C=O) groups excluding carboxylic acids is 3. The third kappa shape index (κ3) is 4.65. The number of hydrogen-bond acceptors (Lipinski definition) is 7. The monoisotopic (exact) mass is 455 g/mol. The third-order valence-electron chi connectivity index (χ3n) is 4.59. The molecule has 1 aliphatic rings. The lowest BCUT2D eigenvalue weighted by Gasteiger charge is -2.23. The van der Waals surface area contributed by atoms with Crippen molar-refractivity contribution < 1.29 is 28.6 Å². The van der Waals surface area contributed by atoms with Crippen LogP contribution in [0.4, 0.5) is 5.69 Å². The van der Waals surface area contributed by atoms with Crippen LogP contribution in [0.25, 0.3) is 10.2 Å². The predicted molar refractivity (Wildman–Crippen MR) is 118 cm³/mol. The van der Waals surface area contributed by atoms with Crippen molar-refractivity contribution in [2.75, 3.05) is 18.5 Å². The largest absolute Gasteiger partial charge is 0.485 e. The minimum atomic E-state index is -0.902. The first kappa shape index (κ1) is 21.6. The normalized spacial score (nSPS) is 15.4. The highest BCUT2D eigenvalue weighted by Gasteiger charge is 2.27. The maximum Gasteiger partial charge on any atom is 0.326 e. The van der Waals surface area contributed by atoms with E-state index in [1.165, 1.54) is 18.3 Å². The summed E-state index contributed by atoms with van der Waals surface area (Å²) in [5.74, 6) is -0.122. The summed E-state index contributed by atoms with van der Waals surface area (Å²) in [4.78, 5) is 41.0. The number of anilines is 1. The van der Waals surface area contributed by atoms with E-state index in [1.54, 1.807) is 47.9 Å². The number of hydrogen-bond donors (Lipinski definition) is 1. The van der Waals surface area contributed by atoms with Crippen LogP contribution in [0.15, 0.2) is 47.5 Å². The first-order chi connectivity index (χ1) is 15.4. The number of nitrogens with zero attached hydrogens (tertiary/aromatic N) is 2. The minimum Gasteiger partial charge on any atom is -0.485 e. The van der Waals surface area contributed by atoms with Crippen LogP contribution in [0.3, 0.4) is 0 Å². The number of ether oxygens (including phenoxy) is 3. The second-order valence-corrected chi connectivity index (χ2v) is 7.96. The van der Waals surface area contributed by atoms with Crippen LogP contribution in [0, 0.1) is 0 Å². The highest BCUT2D eigenvalue weighted by Crippen LogP contribution is 2.31. The van der Waals surface area contributed by atoms with Crippen LogP contribution in [0.5, 0.6) is 11.5 Å². The van der Waals surface area contributed by atoms with Gasteiger partial charge in [-0.2, -0.15) is 4.99 Å². The summed E-state index contributed by atoms with van der Waals surface area (Å²) < 4.78 is 18.8. The van der Waals surface area contributed by atoms with E-state index in [2.05, 4.69) is 10.3 Å². The van der Waals surface area contributed by atoms with Gasteiger partial charge in [-0.05, 0) is 37.3 Å². The SMILES string of the molecule is CCOC(=O)Cn1c(=NC(=O)[C@@H]2COc3ccccc3O2)sc2cc(NC(C)=O)ccc21. The predicted octanol–water partition coefficient (Wildman–Crippen LogP) is 2.49. The number of amides is 2. The van der Waals surface area contributed by atoms with Gasteiger partial charge in [0.1, 0.15) is 13.2 Å². The van der Waals surface area contributed by atoms with Crippen molar-refractivity contribution in [3.63, 3.8) is 0 Å². The third-order valence-corrected chi connectivity index (χ3v) is 5.63. The summed E-state index contributed by atoms with van der Waals surface area (Å²) in [7, 11) is 0. The number of nitrogens with one attached hydrogen (secondary N) is 1. The zero-order valence-electron chi connectivity index (χ0n) is 17.5. The molecule has 3 aromatic rings. The Kier molecular flexibility index (Phi) is 6.22. The molecule has 0 aliphatic carbocycles. The van der Waals surface area contributed by atoms with Crippen LogP contribution < -0.4 is 19.6 Å². The van der Waals surface area contributed by atoms with E-state index < -0.39 is 18.0 Å². The van der Waals surface area contributed by atoms with Gasteiger partial charge in [0.2, 0.25) is 12.0 Å². The Bertz CT molecular complexity index is 1260. The van der Waals surface area contributed by atoms with Gasteiger partial charge in [0.25, 0.3) is 5.91 Å². The van der Waals surface area contributed by atoms with Crippen molar-refractivity contribution in [2.45, 2.75) is 26.5 Å². The van der Waals surface area contributed by atoms with E-state index in [4.69, 9.17) is 14.2 Å². The van der Waals surface area contributed by atoms with Gasteiger partial charge >= 0.3 is 5.97 Å². The molecular formula is C22H21N3O6S. The Balaban J connectivity index is 1.70. The van der Waals surface area contributed by atoms with Crippen LogP contribution in [0.1, 0.15) is 13.8 Å². The Morgan fingerprint density at radius 1 is 1.22 bits per heavy atom. The summed E-state index contributed by atoms with van der Waals surface area (Å²) in [5.41, 5.74) is 1.29. The van der Waals surface area contributed by atoms with E-state index in [1.807, 2.05) is 6.07 Å². The van der Waals surface area contributed by atoms with Crippen molar-refractivity contribution in [3.05, 3.63) is 47.3 Å². The average Bonchev–Trinajstić information content (AvgIpc) is 3.09. The molecule has 0 saturated heterocycles. The average molecular weight is 455 g/mol. The van der Waals surface area contributed by atoms with E-state index in [-0.39, 0.29) is 25.7 Å². The van der Waals surface area contributed by atoms with Crippen LogP contribution in [-0.2, 0) is 25.7 Å². The van der Waals surface area contributed by atoms with Gasteiger partial charge in [0, 0.05) is 12.6 Å². The number of rotatable bonds is 5. The second kappa shape index (κ2) is 9.23. The maximum atomic E-state index is 12.9. The molecule has 2 amide bonds. The van der Waals surface area contributed by atoms with E-state index >= 15 is 0 Å². The first-order valence-corrected chi connectivity index (χ1v) is 10.8. The number of para-hydroxylation sites is 2. The molecule has 0 spiro atoms. The molecule has 4 rings (SSSR count). The summed E-state index contributed by atoms with van der Waals surface area (Å²) in [6.07, 6.45) is -0.902. The number of carbonyl (C=O) groups is 3. The first-order valence-electron chi connectivity index (χ1n) is 9.98. The smallest absolute Gasteiger partial charge is 0.326 e. The second-order valence-electron chi connectivity index (χ2n) is 6.95. The lowest BCUT2D eigenvalue weighted by molar-refractivity contribution is -0.143. The van der Waals surface area contributed by atoms with Crippen molar-refractivity contribution in [3.8, 4) is 11.5 Å². The van der Waals surface area contributed by atoms with Gasteiger partial charge in [-0.3, -0.25) is 14.4 Å². The van der Waals surface area contributed by atoms with Gasteiger partial charge in [-0.1, -0.05) is 23.5 Å². The molecule has 0 saturated carbocycles. The molecule has 1 aliphatic heterocycles. The Labute approximate surface area is 187 Å². The summed E-state index contributed by atoms with van der Waals surface area (Å²) >= 11 is 1.22. The summed E-state index contributed by atoms with van der Waals surface area (Å²) in [6, 6.07) is 12.3. The van der Waals surface area contributed by atoms with Crippen molar-refractivity contribution in [1.29, 1.82) is 0 Å². The number of benzene rings is 2. The van der Waals surface area contributed by atoms with E-state index in [0.717, 1.165) is 4.70 Å². The zero-order chi connectivity index (χ0) is 22.7. The molecule has 1 aromatic heterocycles. The molecule has 1 atom stereocenters. The van der Waals surface area contributed by atoms with Gasteiger partial charge < -0.3 is 24.1 Å². The molecule has 2 aromatic carbocycles. The molecule has 0 bridgehead atoms. The Morgan fingerprint density at radius 3 is 2.75 bits per heavy atom. The summed E-state index contributed by atoms with van der Waals surface area (Å²) in [6.45, 7) is 3.32. The van der Waals surface area contributed by atoms with Crippen LogP contribution >= 0.6 is 11.3 Å². The summed E-state index contributed by atoms with van der Waals surface area (Å²) in [5, 5.41) is 2.72. The number of fused-ring (bicyclic) bond motifs is 2. The van der Waals surface area contributed by atoms with E-state index in [0.29, 0.717) is 27.5 Å². The molecule has 0 unspecified atom stereocenters. The van der Waals surface area contributed by atoms with Gasteiger partial charge in [0.15, 0.2) is 16.3 Å². The molecule has 10 heteroatoms. The van der Waals surface area contributed by atoms with E-state index in [9.17, 15) is 14.4 Å². The fourth-order valence-electron chi connectivity index (χ4n) is 3.24. The number of thiazole rings is 1. The molecule has 9 nitrogen and oxygen atoms in total. The van der Waals surface area contributed by atoms with Gasteiger partial charge in [-0.25, -0.2) is 0 Å². The number of esters is 1. The maximum absolute atomic E-state index is 12.9. The van der Waals surface area contributed by atoms with Gasteiger partial charge in [-0.15, -0.1) is 0 Å². The molecule has 32 heavy (non-hydrogen) atoms. The van der Waals surface area contributed by atoms with Crippen LogP contribution in [0.2, 0.25) is 0 Å². The molecule has 1 N–H and O–H groups in total. The molecule has 2 heterocycles. The fraction of sp³-hybridized carbons (Fsp3) is 0.273. The number of aromatic nitrogens is 1. The lowest BCUT2D eigenvalue weighted by atomic mass is 10.2. The van der Waals surface area contributed by atoms with Crippen molar-refractivity contribution in [2.24, 2.45) is 4.99 Å².